The molecule has 0 unspecified atom stereocenters. The van der Waals surface area contributed by atoms with Gasteiger partial charge in [-0.1, -0.05) is 48.0 Å². The second-order valence-corrected chi connectivity index (χ2v) is 7.68. The van der Waals surface area contributed by atoms with Crippen LogP contribution in [0, 0.1) is 0 Å². The van der Waals surface area contributed by atoms with Gasteiger partial charge in [-0.25, -0.2) is 0 Å². The molecule has 0 bridgehead atoms. The fourth-order valence-corrected chi connectivity index (χ4v) is 4.64. The van der Waals surface area contributed by atoms with Crippen molar-refractivity contribution in [3.05, 3.63) is 100 Å². The maximum Gasteiger partial charge on any atom is 0.0817 e. The first kappa shape index (κ1) is 16.5. The second kappa shape index (κ2) is 6.22. The molecular formula is C23H20ClN3. The topological polar surface area (TPSA) is 40.7 Å². The first-order valence-electron chi connectivity index (χ1n) is 9.19. The number of para-hydroxylation sites is 1. The van der Waals surface area contributed by atoms with Crippen molar-refractivity contribution in [1.82, 2.24) is 15.3 Å². The van der Waals surface area contributed by atoms with Gasteiger partial charge in [0.15, 0.2) is 0 Å². The minimum atomic E-state index is -0.310. The molecule has 0 radical (unpaired) electrons. The molecule has 0 saturated carbocycles. The van der Waals surface area contributed by atoms with Gasteiger partial charge in [-0.2, -0.15) is 0 Å². The highest BCUT2D eigenvalue weighted by atomic mass is 35.5. The normalized spacial score (nSPS) is 21.9. The molecule has 4 aromatic rings. The Morgan fingerprint density at radius 3 is 2.56 bits per heavy atom. The lowest BCUT2D eigenvalue weighted by atomic mass is 9.77. The van der Waals surface area contributed by atoms with Gasteiger partial charge in [0.05, 0.1) is 5.54 Å². The number of benzene rings is 2. The second-order valence-electron chi connectivity index (χ2n) is 7.28. The molecule has 134 valence electrons. The fraction of sp³-hybridized carbons (Fsp3) is 0.174. The number of hydrogen-bond donors (Lipinski definition) is 2. The molecule has 1 aliphatic rings. The van der Waals surface area contributed by atoms with Crippen molar-refractivity contribution in [1.29, 1.82) is 0 Å². The minimum absolute atomic E-state index is 0.194. The highest BCUT2D eigenvalue weighted by molar-refractivity contribution is 6.31. The number of fused-ring (bicyclic) bond motifs is 3. The number of aromatic amines is 1. The van der Waals surface area contributed by atoms with Crippen LogP contribution >= 0.6 is 11.6 Å². The summed E-state index contributed by atoms with van der Waals surface area (Å²) in [4.78, 5) is 7.89. The first-order valence-corrected chi connectivity index (χ1v) is 9.57. The van der Waals surface area contributed by atoms with Gasteiger partial charge in [0.2, 0.25) is 0 Å². The van der Waals surface area contributed by atoms with Crippen LogP contribution in [-0.2, 0) is 5.54 Å². The number of nitrogens with one attached hydrogen (secondary N) is 2. The highest BCUT2D eigenvalue weighted by Crippen LogP contribution is 2.45. The molecule has 0 aliphatic carbocycles. The molecule has 3 nitrogen and oxygen atoms in total. The summed E-state index contributed by atoms with van der Waals surface area (Å²) in [6, 6.07) is 20.8. The van der Waals surface area contributed by atoms with E-state index in [1.54, 1.807) is 0 Å². The maximum atomic E-state index is 6.58. The van der Waals surface area contributed by atoms with Gasteiger partial charge in [0.1, 0.15) is 0 Å². The van der Waals surface area contributed by atoms with Gasteiger partial charge >= 0.3 is 0 Å². The van der Waals surface area contributed by atoms with Crippen LogP contribution in [0.1, 0.15) is 35.2 Å². The van der Waals surface area contributed by atoms with Gasteiger partial charge < -0.3 is 10.3 Å². The van der Waals surface area contributed by atoms with Crippen LogP contribution in [0.4, 0.5) is 0 Å². The molecule has 3 heterocycles. The summed E-state index contributed by atoms with van der Waals surface area (Å²) in [5.41, 5.74) is 5.73. The van der Waals surface area contributed by atoms with E-state index in [1.165, 1.54) is 22.2 Å². The van der Waals surface area contributed by atoms with E-state index in [1.807, 2.05) is 24.5 Å². The quantitative estimate of drug-likeness (QED) is 0.506. The predicted molar refractivity (Wildman–Crippen MR) is 110 cm³/mol. The Bertz CT molecular complexity index is 1120. The minimum Gasteiger partial charge on any atom is -0.356 e. The number of pyridine rings is 1. The molecule has 1 aliphatic heterocycles. The largest absolute Gasteiger partial charge is 0.356 e. The number of rotatable bonds is 2. The van der Waals surface area contributed by atoms with Crippen LogP contribution in [0.25, 0.3) is 10.9 Å². The molecule has 27 heavy (non-hydrogen) atoms. The van der Waals surface area contributed by atoms with E-state index in [9.17, 15) is 0 Å². The van der Waals surface area contributed by atoms with E-state index >= 15 is 0 Å². The molecule has 0 saturated heterocycles. The summed E-state index contributed by atoms with van der Waals surface area (Å²) >= 11 is 6.58. The van der Waals surface area contributed by atoms with E-state index in [2.05, 4.69) is 70.7 Å². The van der Waals surface area contributed by atoms with Crippen molar-refractivity contribution >= 4 is 22.5 Å². The summed E-state index contributed by atoms with van der Waals surface area (Å²) in [6.07, 6.45) is 3.70. The van der Waals surface area contributed by atoms with Crippen LogP contribution in [0.15, 0.2) is 73.1 Å². The Morgan fingerprint density at radius 2 is 1.74 bits per heavy atom. The van der Waals surface area contributed by atoms with E-state index in [0.29, 0.717) is 0 Å². The van der Waals surface area contributed by atoms with E-state index in [4.69, 9.17) is 11.6 Å². The first-order chi connectivity index (χ1) is 13.2. The fourth-order valence-electron chi connectivity index (χ4n) is 4.37. The molecule has 2 atom stereocenters. The van der Waals surface area contributed by atoms with Crippen LogP contribution in [0.5, 0.6) is 0 Å². The lowest BCUT2D eigenvalue weighted by molar-refractivity contribution is 0.390. The standard InChI is InChI=1S/C23H20ClN3/c1-23(15-10-12-25-13-11-15)22-21(17-7-3-5-9-20(17)27-22)18(14-26-23)16-6-2-4-8-19(16)24/h2-13,18,26-27H,14H2,1H3/t18-,23+/m0/s1. The molecule has 5 rings (SSSR count). The SMILES string of the molecule is C[C@]1(c2ccncc2)NC[C@@H](c2ccccc2Cl)c2c1[nH]c1ccccc21. The summed E-state index contributed by atoms with van der Waals surface area (Å²) in [7, 11) is 0. The summed E-state index contributed by atoms with van der Waals surface area (Å²) in [6.45, 7) is 3.05. The van der Waals surface area contributed by atoms with Crippen LogP contribution in [-0.4, -0.2) is 16.5 Å². The third kappa shape index (κ3) is 2.50. The third-order valence-corrected chi connectivity index (χ3v) is 6.14. The highest BCUT2D eigenvalue weighted by Gasteiger charge is 2.40. The molecular weight excluding hydrogens is 354 g/mol. The van der Waals surface area contributed by atoms with Gasteiger partial charge in [0, 0.05) is 46.5 Å². The van der Waals surface area contributed by atoms with Gasteiger partial charge in [-0.15, -0.1) is 0 Å². The number of nitrogens with zero attached hydrogens (tertiary/aromatic N) is 1. The molecule has 0 spiro atoms. The van der Waals surface area contributed by atoms with Gasteiger partial charge in [-0.05, 0) is 47.9 Å². The lowest BCUT2D eigenvalue weighted by Gasteiger charge is -2.39. The average Bonchev–Trinajstić information content (AvgIpc) is 3.11. The number of hydrogen-bond acceptors (Lipinski definition) is 2. The van der Waals surface area contributed by atoms with Crippen LogP contribution in [0.2, 0.25) is 5.02 Å². The zero-order chi connectivity index (χ0) is 18.4. The van der Waals surface area contributed by atoms with Crippen molar-refractivity contribution in [2.45, 2.75) is 18.4 Å². The number of H-pyrrole nitrogens is 1. The zero-order valence-electron chi connectivity index (χ0n) is 15.0. The molecule has 2 aromatic heterocycles. The third-order valence-electron chi connectivity index (χ3n) is 5.79. The molecule has 0 amide bonds. The monoisotopic (exact) mass is 373 g/mol. The smallest absolute Gasteiger partial charge is 0.0817 e. The van der Waals surface area contributed by atoms with Crippen LogP contribution in [0.3, 0.4) is 0 Å². The van der Waals surface area contributed by atoms with Gasteiger partial charge in [0.25, 0.3) is 0 Å². The van der Waals surface area contributed by atoms with Crippen molar-refractivity contribution in [3.8, 4) is 0 Å². The Kier molecular flexibility index (Phi) is 3.81. The van der Waals surface area contributed by atoms with Crippen molar-refractivity contribution in [2.24, 2.45) is 0 Å². The Balaban J connectivity index is 1.79. The lowest BCUT2D eigenvalue weighted by Crippen LogP contribution is -2.47. The number of aromatic nitrogens is 2. The molecule has 0 fully saturated rings. The van der Waals surface area contributed by atoms with Crippen molar-refractivity contribution in [2.75, 3.05) is 6.54 Å². The molecule has 4 heteroatoms. The number of halogens is 1. The summed E-state index contributed by atoms with van der Waals surface area (Å²) in [5, 5.41) is 5.86. The molecule has 2 aromatic carbocycles. The van der Waals surface area contributed by atoms with Crippen LogP contribution < -0.4 is 5.32 Å². The van der Waals surface area contributed by atoms with Gasteiger partial charge in [-0.3, -0.25) is 4.98 Å². The van der Waals surface area contributed by atoms with E-state index in [0.717, 1.165) is 22.6 Å². The summed E-state index contributed by atoms with van der Waals surface area (Å²) < 4.78 is 0. The zero-order valence-corrected chi connectivity index (χ0v) is 15.8. The predicted octanol–water partition coefficient (Wildman–Crippen LogP) is 5.21. The maximum absolute atomic E-state index is 6.58. The van der Waals surface area contributed by atoms with E-state index < -0.39 is 0 Å². The average molecular weight is 374 g/mol. The Labute approximate surface area is 163 Å². The Hall–Kier alpha value is -2.62. The van der Waals surface area contributed by atoms with Crippen molar-refractivity contribution in [3.63, 3.8) is 0 Å². The summed E-state index contributed by atoms with van der Waals surface area (Å²) in [5.74, 6) is 0.194. The Morgan fingerprint density at radius 1 is 1.00 bits per heavy atom. The molecule has 2 N–H and O–H groups in total. The van der Waals surface area contributed by atoms with E-state index in [-0.39, 0.29) is 11.5 Å². The van der Waals surface area contributed by atoms with Crippen molar-refractivity contribution < 1.29 is 0 Å².